The Bertz CT molecular complexity index is 725. The van der Waals surface area contributed by atoms with E-state index in [-0.39, 0.29) is 12.0 Å². The van der Waals surface area contributed by atoms with Crippen molar-refractivity contribution in [1.29, 1.82) is 0 Å². The molecule has 4 nitrogen and oxygen atoms in total. The number of carbonyl (C=O) groups excluding carboxylic acids is 1. The first-order valence-corrected chi connectivity index (χ1v) is 9.57. The zero-order valence-corrected chi connectivity index (χ0v) is 14.9. The first-order valence-electron chi connectivity index (χ1n) is 9.57. The summed E-state index contributed by atoms with van der Waals surface area (Å²) < 4.78 is 6.02. The Morgan fingerprint density at radius 3 is 2.96 bits per heavy atom. The molecular formula is C21H26N2O2. The highest BCUT2D eigenvalue weighted by Crippen LogP contribution is 2.49. The van der Waals surface area contributed by atoms with Crippen LogP contribution < -0.4 is 0 Å². The van der Waals surface area contributed by atoms with Crippen molar-refractivity contribution in [1.82, 2.24) is 9.88 Å². The molecule has 1 saturated carbocycles. The maximum atomic E-state index is 13.2. The Labute approximate surface area is 149 Å². The van der Waals surface area contributed by atoms with Crippen molar-refractivity contribution in [3.8, 4) is 0 Å². The van der Waals surface area contributed by atoms with E-state index in [2.05, 4.69) is 35.0 Å². The summed E-state index contributed by atoms with van der Waals surface area (Å²) in [5.41, 5.74) is 1.19. The zero-order chi connectivity index (χ0) is 17.2. The highest BCUT2D eigenvalue weighted by atomic mass is 16.3. The zero-order valence-electron chi connectivity index (χ0n) is 14.9. The maximum absolute atomic E-state index is 13.2. The van der Waals surface area contributed by atoms with Gasteiger partial charge in [0.2, 0.25) is 5.91 Å². The van der Waals surface area contributed by atoms with Gasteiger partial charge in [0.15, 0.2) is 0 Å². The Balaban J connectivity index is 1.52. The molecule has 3 heterocycles. The fraction of sp³-hybridized carbons (Fsp3) is 0.524. The number of pyridine rings is 1. The van der Waals surface area contributed by atoms with Crippen molar-refractivity contribution in [2.24, 2.45) is 5.92 Å². The highest BCUT2D eigenvalue weighted by Gasteiger charge is 2.47. The number of amides is 1. The van der Waals surface area contributed by atoms with Gasteiger partial charge in [-0.1, -0.05) is 25.8 Å². The van der Waals surface area contributed by atoms with Crippen molar-refractivity contribution < 1.29 is 9.21 Å². The van der Waals surface area contributed by atoms with Crippen LogP contribution in [0.4, 0.5) is 0 Å². The smallest absolute Gasteiger partial charge is 0.226 e. The third kappa shape index (κ3) is 3.35. The minimum absolute atomic E-state index is 0.102. The van der Waals surface area contributed by atoms with Crippen molar-refractivity contribution in [2.75, 3.05) is 6.54 Å². The van der Waals surface area contributed by atoms with Crippen molar-refractivity contribution in [3.05, 3.63) is 53.7 Å². The van der Waals surface area contributed by atoms with E-state index in [1.54, 1.807) is 6.20 Å². The highest BCUT2D eigenvalue weighted by molar-refractivity contribution is 5.83. The Morgan fingerprint density at radius 2 is 2.20 bits per heavy atom. The second-order valence-electron chi connectivity index (χ2n) is 7.29. The molecule has 0 unspecified atom stereocenters. The van der Waals surface area contributed by atoms with Crippen LogP contribution in [0, 0.1) is 5.92 Å². The Hall–Kier alpha value is -2.10. The van der Waals surface area contributed by atoms with E-state index < -0.39 is 0 Å². The van der Waals surface area contributed by atoms with Gasteiger partial charge in [-0.3, -0.25) is 9.78 Å². The minimum atomic E-state index is 0.102. The number of aryl methyl sites for hydroxylation is 1. The van der Waals surface area contributed by atoms with Gasteiger partial charge in [-0.15, -0.1) is 0 Å². The lowest BCUT2D eigenvalue weighted by Gasteiger charge is -2.29. The molecule has 1 aliphatic carbocycles. The largest absolute Gasteiger partial charge is 0.464 e. The SMILES string of the molecule is CCc1ccc([C@@H]2CCCCCN2C(=O)[C@H]2C[C@@H]2c2cccnc2)o1. The summed E-state index contributed by atoms with van der Waals surface area (Å²) in [6.45, 7) is 2.95. The molecule has 3 atom stereocenters. The lowest BCUT2D eigenvalue weighted by atomic mass is 10.1. The molecule has 2 aliphatic rings. The van der Waals surface area contributed by atoms with E-state index in [1.165, 1.54) is 12.0 Å². The summed E-state index contributed by atoms with van der Waals surface area (Å²) in [6, 6.07) is 8.27. The summed E-state index contributed by atoms with van der Waals surface area (Å²) in [5, 5.41) is 0. The van der Waals surface area contributed by atoms with Crippen LogP contribution in [-0.2, 0) is 11.2 Å². The number of likely N-dealkylation sites (tertiary alicyclic amines) is 1. The second-order valence-corrected chi connectivity index (χ2v) is 7.29. The van der Waals surface area contributed by atoms with Crippen LogP contribution in [0.5, 0.6) is 0 Å². The fourth-order valence-electron chi connectivity index (χ4n) is 4.08. The quantitative estimate of drug-likeness (QED) is 0.825. The molecule has 2 aromatic rings. The van der Waals surface area contributed by atoms with Gasteiger partial charge in [0.25, 0.3) is 0 Å². The fourth-order valence-corrected chi connectivity index (χ4v) is 4.08. The Morgan fingerprint density at radius 1 is 1.28 bits per heavy atom. The van der Waals surface area contributed by atoms with Crippen molar-refractivity contribution >= 4 is 5.91 Å². The van der Waals surface area contributed by atoms with E-state index in [4.69, 9.17) is 4.42 Å². The number of carbonyl (C=O) groups is 1. The predicted molar refractivity (Wildman–Crippen MR) is 96.1 cm³/mol. The third-order valence-corrected chi connectivity index (χ3v) is 5.62. The molecule has 4 rings (SSSR count). The number of aromatic nitrogens is 1. The van der Waals surface area contributed by atoms with Crippen LogP contribution >= 0.6 is 0 Å². The van der Waals surface area contributed by atoms with E-state index in [0.29, 0.717) is 11.8 Å². The van der Waals surface area contributed by atoms with Gasteiger partial charge in [0, 0.05) is 31.3 Å². The lowest BCUT2D eigenvalue weighted by Crippen LogP contribution is -2.36. The van der Waals surface area contributed by atoms with Gasteiger partial charge in [-0.25, -0.2) is 0 Å². The van der Waals surface area contributed by atoms with Gasteiger partial charge in [-0.2, -0.15) is 0 Å². The summed E-state index contributed by atoms with van der Waals surface area (Å²) in [7, 11) is 0. The van der Waals surface area contributed by atoms with Crippen LogP contribution in [0.3, 0.4) is 0 Å². The second kappa shape index (κ2) is 7.03. The summed E-state index contributed by atoms with van der Waals surface area (Å²) in [5.74, 6) is 2.73. The van der Waals surface area contributed by atoms with Crippen molar-refractivity contribution in [2.45, 2.75) is 57.4 Å². The first-order chi connectivity index (χ1) is 12.3. The maximum Gasteiger partial charge on any atom is 0.226 e. The molecule has 25 heavy (non-hydrogen) atoms. The molecule has 1 amide bonds. The molecule has 132 valence electrons. The molecule has 0 radical (unpaired) electrons. The molecule has 4 heteroatoms. The Kier molecular flexibility index (Phi) is 4.60. The van der Waals surface area contributed by atoms with Gasteiger partial charge >= 0.3 is 0 Å². The van der Waals surface area contributed by atoms with Crippen LogP contribution in [0.1, 0.15) is 68.1 Å². The van der Waals surface area contributed by atoms with Crippen LogP contribution in [-0.4, -0.2) is 22.3 Å². The molecule has 0 N–H and O–H groups in total. The standard InChI is InChI=1S/C21H26N2O2/c1-2-16-9-10-20(25-16)19-8-4-3-5-12-23(19)21(24)18-13-17(18)15-7-6-11-22-14-15/h6-7,9-11,14,17-19H,2-5,8,12-13H2,1H3/t17-,18+,19+/m1/s1. The van der Waals surface area contributed by atoms with Crippen LogP contribution in [0.25, 0.3) is 0 Å². The van der Waals surface area contributed by atoms with Gasteiger partial charge in [-0.05, 0) is 48.9 Å². The average Bonchev–Trinajstić information content (AvgIpc) is 3.38. The van der Waals surface area contributed by atoms with E-state index in [9.17, 15) is 4.79 Å². The van der Waals surface area contributed by atoms with Gasteiger partial charge < -0.3 is 9.32 Å². The summed E-state index contributed by atoms with van der Waals surface area (Å²) in [6.07, 6.45) is 9.98. The third-order valence-electron chi connectivity index (χ3n) is 5.62. The van der Waals surface area contributed by atoms with Crippen LogP contribution in [0.15, 0.2) is 41.1 Å². The number of rotatable bonds is 4. The number of furan rings is 1. The van der Waals surface area contributed by atoms with Crippen molar-refractivity contribution in [3.63, 3.8) is 0 Å². The number of nitrogens with zero attached hydrogens (tertiary/aromatic N) is 2. The van der Waals surface area contributed by atoms with E-state index in [1.807, 2.05) is 12.3 Å². The number of hydrogen-bond donors (Lipinski definition) is 0. The number of hydrogen-bond acceptors (Lipinski definition) is 3. The summed E-state index contributed by atoms with van der Waals surface area (Å²) in [4.78, 5) is 19.5. The lowest BCUT2D eigenvalue weighted by molar-refractivity contribution is -0.135. The first kappa shape index (κ1) is 16.4. The molecule has 1 aliphatic heterocycles. The predicted octanol–water partition coefficient (Wildman–Crippen LogP) is 4.48. The van der Waals surface area contributed by atoms with Gasteiger partial charge in [0.1, 0.15) is 11.5 Å². The summed E-state index contributed by atoms with van der Waals surface area (Å²) >= 11 is 0. The molecule has 0 bridgehead atoms. The molecule has 0 aromatic carbocycles. The molecule has 2 fully saturated rings. The average molecular weight is 338 g/mol. The monoisotopic (exact) mass is 338 g/mol. The van der Waals surface area contributed by atoms with E-state index in [0.717, 1.165) is 50.2 Å². The van der Waals surface area contributed by atoms with E-state index >= 15 is 0 Å². The topological polar surface area (TPSA) is 46.3 Å². The normalized spacial score (nSPS) is 26.3. The minimum Gasteiger partial charge on any atom is -0.464 e. The van der Waals surface area contributed by atoms with Gasteiger partial charge in [0.05, 0.1) is 6.04 Å². The molecule has 0 spiro atoms. The molecule has 1 saturated heterocycles. The molecule has 2 aromatic heterocycles. The molecular weight excluding hydrogens is 312 g/mol. The van der Waals surface area contributed by atoms with Crippen LogP contribution in [0.2, 0.25) is 0 Å².